The van der Waals surface area contributed by atoms with Crippen molar-refractivity contribution in [1.82, 2.24) is 4.90 Å². The van der Waals surface area contributed by atoms with Gasteiger partial charge >= 0.3 is 6.18 Å². The lowest BCUT2D eigenvalue weighted by molar-refractivity contribution is -0.138. The lowest BCUT2D eigenvalue weighted by Crippen LogP contribution is -2.36. The molecule has 1 saturated carbocycles. The lowest BCUT2D eigenvalue weighted by Gasteiger charge is -2.31. The second-order valence-corrected chi connectivity index (χ2v) is 8.81. The van der Waals surface area contributed by atoms with Gasteiger partial charge in [0.2, 0.25) is 0 Å². The predicted molar refractivity (Wildman–Crippen MR) is 130 cm³/mol. The van der Waals surface area contributed by atoms with E-state index in [0.29, 0.717) is 32.4 Å². The zero-order chi connectivity index (χ0) is 32.7. The summed E-state index contributed by atoms with van der Waals surface area (Å²) >= 11 is 0. The van der Waals surface area contributed by atoms with E-state index in [0.717, 1.165) is 37.5 Å². The molecule has 0 atom stereocenters. The highest BCUT2D eigenvalue weighted by atomic mass is 19.4. The van der Waals surface area contributed by atoms with Crippen LogP contribution in [0.4, 0.5) is 13.2 Å². The van der Waals surface area contributed by atoms with Gasteiger partial charge in [0.05, 0.1) is 11.3 Å². The predicted octanol–water partition coefficient (Wildman–Crippen LogP) is 7.46. The molecule has 1 saturated heterocycles. The number of hydrogen-bond acceptors (Lipinski definition) is 3. The Bertz CT molecular complexity index is 1360. The van der Waals surface area contributed by atoms with Crippen molar-refractivity contribution in [2.75, 3.05) is 13.1 Å². The highest BCUT2D eigenvalue weighted by molar-refractivity contribution is 5.98. The second-order valence-electron chi connectivity index (χ2n) is 8.81. The number of likely N-dealkylation sites (tertiary alicyclic amines) is 1. The molecule has 0 spiro atoms. The van der Waals surface area contributed by atoms with Gasteiger partial charge in [0.1, 0.15) is 6.61 Å². The first-order valence-electron chi connectivity index (χ1n) is 16.6. The molecule has 0 bridgehead atoms. The summed E-state index contributed by atoms with van der Waals surface area (Å²) in [5.41, 5.74) is -2.17. The van der Waals surface area contributed by atoms with Gasteiger partial charge in [-0.1, -0.05) is 55.5 Å². The molecule has 6 heteroatoms. The number of benzene rings is 2. The molecule has 1 aliphatic heterocycles. The average molecular weight is 483 g/mol. The monoisotopic (exact) mass is 482 g/mol. The quantitative estimate of drug-likeness (QED) is 0.288. The summed E-state index contributed by atoms with van der Waals surface area (Å²) in [4.78, 5) is 6.66. The average Bonchev–Trinajstić information content (AvgIpc) is 2.88. The van der Waals surface area contributed by atoms with Gasteiger partial charge in [-0.2, -0.15) is 13.2 Å². The molecule has 4 rings (SSSR count). The summed E-state index contributed by atoms with van der Waals surface area (Å²) in [5.74, 6) is -0.198. The van der Waals surface area contributed by atoms with Crippen LogP contribution in [0, 0.1) is 0 Å². The van der Waals surface area contributed by atoms with Crippen LogP contribution in [0.1, 0.15) is 105 Å². The van der Waals surface area contributed by atoms with Gasteiger partial charge in [-0.3, -0.25) is 4.90 Å². The Hall–Kier alpha value is -2.34. The van der Waals surface area contributed by atoms with E-state index in [4.69, 9.17) is 18.5 Å². The van der Waals surface area contributed by atoms with Crippen molar-refractivity contribution < 1.29 is 31.7 Å². The van der Waals surface area contributed by atoms with Crippen molar-refractivity contribution in [2.45, 2.75) is 83.8 Å². The molecular formula is C28H35F3N2O. The first-order chi connectivity index (χ1) is 20.2. The Labute approximate surface area is 215 Å². The van der Waals surface area contributed by atoms with E-state index < -0.39 is 56.2 Å². The van der Waals surface area contributed by atoms with E-state index in [1.54, 1.807) is 0 Å². The van der Waals surface area contributed by atoms with E-state index in [2.05, 4.69) is 5.16 Å². The van der Waals surface area contributed by atoms with E-state index in [1.807, 2.05) is 0 Å². The number of oxime groups is 1. The lowest BCUT2D eigenvalue weighted by atomic mass is 9.81. The van der Waals surface area contributed by atoms with E-state index in [9.17, 15) is 13.2 Å². The first-order valence-corrected chi connectivity index (χ1v) is 11.6. The minimum Gasteiger partial charge on any atom is -0.391 e. The molecule has 0 radical (unpaired) electrons. The number of aryl methyl sites for hydroxylation is 1. The minimum atomic E-state index is -4.60. The molecule has 1 heterocycles. The summed E-state index contributed by atoms with van der Waals surface area (Å²) in [6.45, 7) is -8.16. The van der Waals surface area contributed by atoms with Gasteiger partial charge in [0.25, 0.3) is 0 Å². The third-order valence-electron chi connectivity index (χ3n) is 6.42. The Morgan fingerprint density at radius 3 is 2.59 bits per heavy atom. The summed E-state index contributed by atoms with van der Waals surface area (Å²) in [7, 11) is 0. The molecule has 2 aromatic rings. The molecule has 1 aliphatic carbocycles. The third kappa shape index (κ3) is 6.01. The maximum absolute atomic E-state index is 14.0. The van der Waals surface area contributed by atoms with Crippen molar-refractivity contribution in [3.8, 4) is 0 Å². The summed E-state index contributed by atoms with van der Waals surface area (Å²) in [5, 5.41) is 3.71. The number of alkyl halides is 3. The van der Waals surface area contributed by atoms with Crippen LogP contribution in [0.25, 0.3) is 0 Å². The van der Waals surface area contributed by atoms with Crippen LogP contribution in [0.2, 0.25) is 0 Å². The van der Waals surface area contributed by atoms with Crippen molar-refractivity contribution >= 4 is 5.71 Å². The molecule has 2 aromatic carbocycles. The highest BCUT2D eigenvalue weighted by Gasteiger charge is 2.35. The van der Waals surface area contributed by atoms with Crippen LogP contribution >= 0.6 is 0 Å². The van der Waals surface area contributed by atoms with Gasteiger partial charge in [-0.15, -0.1) is 0 Å². The Morgan fingerprint density at radius 1 is 1.09 bits per heavy atom. The Balaban J connectivity index is 1.69. The molecule has 0 unspecified atom stereocenters. The first kappa shape index (κ1) is 14.9. The molecule has 3 nitrogen and oxygen atoms in total. The highest BCUT2D eigenvalue weighted by Crippen LogP contribution is 2.41. The molecule has 184 valence electrons. The molecule has 34 heavy (non-hydrogen) atoms. The van der Waals surface area contributed by atoms with E-state index >= 15 is 0 Å². The zero-order valence-corrected chi connectivity index (χ0v) is 18.8. The number of rotatable bonds is 8. The van der Waals surface area contributed by atoms with Crippen LogP contribution in [0.15, 0.2) is 41.6 Å². The molecule has 0 aromatic heterocycles. The molecule has 2 aliphatic rings. The van der Waals surface area contributed by atoms with Crippen molar-refractivity contribution in [2.24, 2.45) is 5.16 Å². The number of hydrogen-bond donors (Lipinski definition) is 0. The SMILES string of the molecule is [2H]C([2H])([2H])/C(=N\OCc1ccc(C2CCCCC2)c(C(F)(F)F)c1)c1ccc(C([2H])([2H])N2CCC2)c(C([2H])([2H])C([2H])([2H])[2H])c1. The van der Waals surface area contributed by atoms with Crippen LogP contribution < -0.4 is 0 Å². The largest absolute Gasteiger partial charge is 0.416 e. The van der Waals surface area contributed by atoms with Gasteiger partial charge in [0, 0.05) is 20.2 Å². The molecule has 0 N–H and O–H groups in total. The third-order valence-corrected chi connectivity index (χ3v) is 6.42. The molecule has 0 amide bonds. The Morgan fingerprint density at radius 2 is 1.91 bits per heavy atom. The summed E-state index contributed by atoms with van der Waals surface area (Å²) in [6, 6.07) is 7.19. The normalized spacial score (nSPS) is 24.0. The van der Waals surface area contributed by atoms with Gasteiger partial charge in [-0.25, -0.2) is 0 Å². The fourth-order valence-corrected chi connectivity index (χ4v) is 4.42. The second kappa shape index (κ2) is 10.9. The summed E-state index contributed by atoms with van der Waals surface area (Å²) < 4.78 is 123. The van der Waals surface area contributed by atoms with Crippen LogP contribution in [-0.4, -0.2) is 23.7 Å². The van der Waals surface area contributed by atoms with Gasteiger partial charge < -0.3 is 4.84 Å². The zero-order valence-electron chi connectivity index (χ0n) is 28.8. The van der Waals surface area contributed by atoms with Crippen molar-refractivity contribution in [3.05, 3.63) is 69.8 Å². The smallest absolute Gasteiger partial charge is 0.391 e. The maximum atomic E-state index is 14.0. The van der Waals surface area contributed by atoms with Gasteiger partial charge in [0.15, 0.2) is 0 Å². The van der Waals surface area contributed by atoms with E-state index in [-0.39, 0.29) is 28.2 Å². The standard InChI is InChI=1S/C28H35F3N2O/c1-3-22-17-24(11-12-25(22)18-33-14-7-15-33)20(2)32-34-19-21-10-13-26(23-8-5-4-6-9-23)27(16-21)28(29,30)31/h10-13,16-17,23H,3-9,14-15,18-19H2,1-2H3/b32-20+/i1D3,2D3,3D2,18D2. The van der Waals surface area contributed by atoms with Crippen LogP contribution in [0.3, 0.4) is 0 Å². The molecular weight excluding hydrogens is 437 g/mol. The minimum absolute atomic E-state index is 0.114. The van der Waals surface area contributed by atoms with Crippen LogP contribution in [0.5, 0.6) is 0 Å². The van der Waals surface area contributed by atoms with E-state index in [1.165, 1.54) is 23.1 Å². The Kier molecular flexibility index (Phi) is 4.80. The topological polar surface area (TPSA) is 24.8 Å². The maximum Gasteiger partial charge on any atom is 0.416 e. The fourth-order valence-electron chi connectivity index (χ4n) is 4.42. The van der Waals surface area contributed by atoms with Crippen molar-refractivity contribution in [3.63, 3.8) is 0 Å². The molecule has 2 fully saturated rings. The van der Waals surface area contributed by atoms with Gasteiger partial charge in [-0.05, 0) is 91.4 Å². The number of nitrogens with zero attached hydrogens (tertiary/aromatic N) is 2. The van der Waals surface area contributed by atoms with Crippen LogP contribution in [-0.2, 0) is 30.5 Å². The number of halogens is 3. The summed E-state index contributed by atoms with van der Waals surface area (Å²) in [6.07, 6.45) is -2.90. The fraction of sp³-hybridized carbons (Fsp3) is 0.536. The van der Waals surface area contributed by atoms with Crippen molar-refractivity contribution in [1.29, 1.82) is 0 Å².